The molecule has 3 amide bonds. The molecule has 0 saturated heterocycles. The summed E-state index contributed by atoms with van der Waals surface area (Å²) in [5.74, 6) is -0.805. The van der Waals surface area contributed by atoms with Gasteiger partial charge in [-0.05, 0) is 89.4 Å². The van der Waals surface area contributed by atoms with Crippen molar-refractivity contribution in [2.45, 2.75) is 73.2 Å². The summed E-state index contributed by atoms with van der Waals surface area (Å²) in [6, 6.07) is 8.19. The van der Waals surface area contributed by atoms with Crippen LogP contribution in [0.4, 0.5) is 14.9 Å². The number of hydrogen-bond acceptors (Lipinski definition) is 8. The summed E-state index contributed by atoms with van der Waals surface area (Å²) < 4.78 is 24.7. The zero-order valence-electron chi connectivity index (χ0n) is 26.9. The molecule has 2 aromatic carbocycles. The first-order valence-electron chi connectivity index (χ1n) is 14.8. The lowest BCUT2D eigenvalue weighted by Gasteiger charge is -2.33. The maximum Gasteiger partial charge on any atom is 0.410 e. The standard InChI is InChI=1S/C32H43FN6O5/c1-20(2)38(31(42)43-32(5,6)7)11-12-39(27-15-26-22(4)35-44-28(26)13-21(27)3)30(41)17-34-16-29(40)36(8)37-18-23-9-10-25(33)14-24(23)19-37/h9-10,13-15,20,34H,11-12,16-19H2,1-8H3. The van der Waals surface area contributed by atoms with Crippen LogP contribution in [-0.4, -0.2) is 82.9 Å². The van der Waals surface area contributed by atoms with Gasteiger partial charge in [0.05, 0.1) is 18.8 Å². The van der Waals surface area contributed by atoms with Gasteiger partial charge in [-0.1, -0.05) is 11.2 Å². The molecule has 238 valence electrons. The quantitative estimate of drug-likeness (QED) is 0.356. The first kappa shape index (κ1) is 32.9. The highest BCUT2D eigenvalue weighted by Crippen LogP contribution is 2.29. The van der Waals surface area contributed by atoms with Crippen LogP contribution in [0, 0.1) is 19.7 Å². The third-order valence-corrected chi connectivity index (χ3v) is 7.59. The average molecular weight is 611 g/mol. The number of aromatic nitrogens is 1. The number of amides is 3. The minimum absolute atomic E-state index is 0.0733. The number of ether oxygens (including phenoxy) is 1. The molecule has 0 spiro atoms. The third-order valence-electron chi connectivity index (χ3n) is 7.59. The summed E-state index contributed by atoms with van der Waals surface area (Å²) in [5.41, 5.74) is 3.94. The smallest absolute Gasteiger partial charge is 0.410 e. The van der Waals surface area contributed by atoms with Crippen molar-refractivity contribution >= 4 is 34.6 Å². The Bertz CT molecular complexity index is 1530. The van der Waals surface area contributed by atoms with E-state index in [4.69, 9.17) is 9.26 Å². The summed E-state index contributed by atoms with van der Waals surface area (Å²) >= 11 is 0. The summed E-state index contributed by atoms with van der Waals surface area (Å²) in [6.45, 7) is 14.1. The van der Waals surface area contributed by atoms with Gasteiger partial charge in [0.1, 0.15) is 11.4 Å². The molecule has 11 nitrogen and oxygen atoms in total. The Kier molecular flexibility index (Phi) is 9.94. The number of benzene rings is 2. The van der Waals surface area contributed by atoms with E-state index in [-0.39, 0.29) is 49.9 Å². The van der Waals surface area contributed by atoms with Crippen LogP contribution >= 0.6 is 0 Å². The topological polar surface area (TPSA) is 111 Å². The minimum Gasteiger partial charge on any atom is -0.444 e. The molecule has 4 rings (SSSR count). The number of carbonyl (C=O) groups is 3. The first-order chi connectivity index (χ1) is 20.6. The van der Waals surface area contributed by atoms with Crippen LogP contribution in [0.25, 0.3) is 11.0 Å². The van der Waals surface area contributed by atoms with Gasteiger partial charge in [-0.15, -0.1) is 0 Å². The summed E-state index contributed by atoms with van der Waals surface area (Å²) in [4.78, 5) is 42.9. The average Bonchev–Trinajstić information content (AvgIpc) is 3.51. The van der Waals surface area contributed by atoms with Crippen molar-refractivity contribution in [1.82, 2.24) is 25.4 Å². The molecular formula is C32H43FN6O5. The van der Waals surface area contributed by atoms with E-state index in [0.717, 1.165) is 22.1 Å². The molecule has 0 bridgehead atoms. The molecule has 3 aromatic rings. The number of rotatable bonds is 10. The predicted molar refractivity (Wildman–Crippen MR) is 165 cm³/mol. The molecule has 1 aliphatic heterocycles. The highest BCUT2D eigenvalue weighted by Gasteiger charge is 2.28. The van der Waals surface area contributed by atoms with Gasteiger partial charge in [0.2, 0.25) is 5.91 Å². The monoisotopic (exact) mass is 610 g/mol. The van der Waals surface area contributed by atoms with Gasteiger partial charge in [-0.2, -0.15) is 0 Å². The van der Waals surface area contributed by atoms with Gasteiger partial charge in [-0.25, -0.2) is 14.2 Å². The summed E-state index contributed by atoms with van der Waals surface area (Å²) in [7, 11) is 1.66. The Balaban J connectivity index is 1.46. The Hall–Kier alpha value is -4.03. The zero-order valence-corrected chi connectivity index (χ0v) is 26.9. The highest BCUT2D eigenvalue weighted by atomic mass is 19.1. The largest absolute Gasteiger partial charge is 0.444 e. The Morgan fingerprint density at radius 1 is 1.05 bits per heavy atom. The van der Waals surface area contributed by atoms with E-state index >= 15 is 0 Å². The number of carbonyl (C=O) groups excluding carboxylic acids is 3. The van der Waals surface area contributed by atoms with Gasteiger partial charge in [0, 0.05) is 50.3 Å². The normalized spacial score (nSPS) is 13.3. The predicted octanol–water partition coefficient (Wildman–Crippen LogP) is 4.54. The second-order valence-corrected chi connectivity index (χ2v) is 12.5. The summed E-state index contributed by atoms with van der Waals surface area (Å²) in [5, 5.41) is 11.2. The van der Waals surface area contributed by atoms with Crippen LogP contribution in [0.3, 0.4) is 0 Å². The van der Waals surface area contributed by atoms with Crippen molar-refractivity contribution in [2.75, 3.05) is 38.1 Å². The third kappa shape index (κ3) is 7.72. The molecule has 0 saturated carbocycles. The number of anilines is 1. The Labute approximate surface area is 257 Å². The van der Waals surface area contributed by atoms with E-state index in [9.17, 15) is 18.8 Å². The van der Waals surface area contributed by atoms with Crippen LogP contribution in [0.2, 0.25) is 0 Å². The number of hydrogen-bond donors (Lipinski definition) is 1. The van der Waals surface area contributed by atoms with Crippen LogP contribution in [-0.2, 0) is 27.4 Å². The first-order valence-corrected chi connectivity index (χ1v) is 14.8. The number of likely N-dealkylation sites (N-methyl/N-ethyl adjacent to an activating group) is 1. The van der Waals surface area contributed by atoms with Gasteiger partial charge in [0.25, 0.3) is 5.91 Å². The van der Waals surface area contributed by atoms with Gasteiger partial charge >= 0.3 is 6.09 Å². The van der Waals surface area contributed by atoms with Crippen molar-refractivity contribution < 1.29 is 28.0 Å². The fourth-order valence-electron chi connectivity index (χ4n) is 5.16. The minimum atomic E-state index is -0.662. The van der Waals surface area contributed by atoms with E-state index < -0.39 is 11.7 Å². The van der Waals surface area contributed by atoms with Crippen molar-refractivity contribution in [3.8, 4) is 0 Å². The Morgan fingerprint density at radius 3 is 2.41 bits per heavy atom. The molecule has 44 heavy (non-hydrogen) atoms. The van der Waals surface area contributed by atoms with E-state index in [0.29, 0.717) is 30.1 Å². The molecule has 0 unspecified atom stereocenters. The number of fused-ring (bicyclic) bond motifs is 2. The second kappa shape index (κ2) is 13.3. The molecule has 12 heteroatoms. The highest BCUT2D eigenvalue weighted by molar-refractivity contribution is 5.98. The molecule has 1 aliphatic rings. The molecule has 2 heterocycles. The van der Waals surface area contributed by atoms with Gasteiger partial charge in [-0.3, -0.25) is 19.9 Å². The van der Waals surface area contributed by atoms with E-state index in [1.165, 1.54) is 17.1 Å². The number of halogens is 1. The number of nitrogens with one attached hydrogen (secondary N) is 1. The van der Waals surface area contributed by atoms with Crippen molar-refractivity contribution in [1.29, 1.82) is 0 Å². The lowest BCUT2D eigenvalue weighted by atomic mass is 10.1. The maximum atomic E-state index is 13.7. The van der Waals surface area contributed by atoms with Crippen LogP contribution in [0.15, 0.2) is 34.9 Å². The summed E-state index contributed by atoms with van der Waals surface area (Å²) in [6.07, 6.45) is -0.458. The number of aryl methyl sites for hydroxylation is 2. The van der Waals surface area contributed by atoms with Crippen LogP contribution in [0.5, 0.6) is 0 Å². The Morgan fingerprint density at radius 2 is 1.73 bits per heavy atom. The lowest BCUT2D eigenvalue weighted by molar-refractivity contribution is -0.145. The van der Waals surface area contributed by atoms with Crippen LogP contribution < -0.4 is 10.2 Å². The van der Waals surface area contributed by atoms with Crippen molar-refractivity contribution in [2.24, 2.45) is 0 Å². The molecule has 0 fully saturated rings. The van der Waals surface area contributed by atoms with Crippen molar-refractivity contribution in [3.05, 3.63) is 58.5 Å². The molecule has 1 N–H and O–H groups in total. The lowest BCUT2D eigenvalue weighted by Crippen LogP contribution is -2.49. The maximum absolute atomic E-state index is 13.7. The van der Waals surface area contributed by atoms with Gasteiger partial charge < -0.3 is 19.1 Å². The molecule has 0 radical (unpaired) electrons. The SMILES string of the molecule is Cc1cc2onc(C)c2cc1N(CCN(C(=O)OC(C)(C)C)C(C)C)C(=O)CNCC(=O)N(C)N1Cc2ccc(F)cc2C1. The fraction of sp³-hybridized carbons (Fsp3) is 0.500. The fourth-order valence-corrected chi connectivity index (χ4v) is 5.16. The van der Waals surface area contributed by atoms with E-state index in [1.54, 1.807) is 22.9 Å². The van der Waals surface area contributed by atoms with E-state index in [1.807, 2.05) is 65.6 Å². The van der Waals surface area contributed by atoms with E-state index in [2.05, 4.69) is 10.5 Å². The van der Waals surface area contributed by atoms with Crippen LogP contribution in [0.1, 0.15) is 57.0 Å². The molecular weight excluding hydrogens is 567 g/mol. The molecule has 0 atom stereocenters. The number of nitrogens with zero attached hydrogens (tertiary/aromatic N) is 5. The van der Waals surface area contributed by atoms with Gasteiger partial charge in [0.15, 0.2) is 5.58 Å². The molecule has 0 aliphatic carbocycles. The number of hydrazine groups is 1. The zero-order chi connectivity index (χ0) is 32.3. The molecule has 1 aromatic heterocycles. The van der Waals surface area contributed by atoms with Crippen molar-refractivity contribution in [3.63, 3.8) is 0 Å². The second-order valence-electron chi connectivity index (χ2n) is 12.5.